The summed E-state index contributed by atoms with van der Waals surface area (Å²) in [6, 6.07) is 5.83. The van der Waals surface area contributed by atoms with Crippen LogP contribution in [0.4, 0.5) is 10.5 Å². The number of halogens is 5. The predicted octanol–water partition coefficient (Wildman–Crippen LogP) is 5.57. The second-order valence-corrected chi connectivity index (χ2v) is 9.52. The van der Waals surface area contributed by atoms with Gasteiger partial charge < -0.3 is 9.14 Å². The minimum absolute atomic E-state index is 0.0135. The molecule has 12 heteroatoms. The lowest BCUT2D eigenvalue weighted by Gasteiger charge is -2.22. The Bertz CT molecular complexity index is 1160. The number of pyridine rings is 1. The van der Waals surface area contributed by atoms with Crippen LogP contribution in [0.25, 0.3) is 5.65 Å². The van der Waals surface area contributed by atoms with Crippen molar-refractivity contribution in [1.29, 1.82) is 0 Å². The first-order chi connectivity index (χ1) is 14.5. The molecule has 1 N–H and O–H groups in total. The molecule has 0 spiro atoms. The Morgan fingerprint density at radius 3 is 2.61 bits per heavy atom. The number of hydrogen-bond donors (Lipinski definition) is 1. The standard InChI is InChI=1S/C19H15Cl5N4O3/c1-10-8-28-7-3-4-14(16(28)25-10)31-9-11-12(20)5-6-13(15(11)21)27(2)18(30)26-17(29)19(22,23)24/h3-8H,9H2,1-2H3,(H,26,29,30). The van der Waals surface area contributed by atoms with Gasteiger partial charge in [-0.15, -0.1) is 0 Å². The summed E-state index contributed by atoms with van der Waals surface area (Å²) in [5.41, 5.74) is 2.20. The molecule has 2 heterocycles. The van der Waals surface area contributed by atoms with Gasteiger partial charge in [0.1, 0.15) is 6.61 Å². The number of ether oxygens (including phenoxy) is 1. The number of alkyl halides is 3. The van der Waals surface area contributed by atoms with Crippen LogP contribution in [-0.2, 0) is 11.4 Å². The molecular weight excluding hydrogens is 509 g/mol. The molecule has 31 heavy (non-hydrogen) atoms. The molecular formula is C19H15Cl5N4O3. The van der Waals surface area contributed by atoms with Gasteiger partial charge in [-0.3, -0.25) is 15.0 Å². The van der Waals surface area contributed by atoms with E-state index in [0.29, 0.717) is 22.0 Å². The molecule has 3 rings (SSSR count). The number of aryl methyl sites for hydroxylation is 1. The van der Waals surface area contributed by atoms with Crippen molar-refractivity contribution in [3.63, 3.8) is 0 Å². The number of hydrogen-bond acceptors (Lipinski definition) is 4. The van der Waals surface area contributed by atoms with Gasteiger partial charge in [-0.05, 0) is 31.2 Å². The third kappa shape index (κ3) is 5.30. The van der Waals surface area contributed by atoms with Crippen LogP contribution in [0.15, 0.2) is 36.7 Å². The Kier molecular flexibility index (Phi) is 7.13. The molecule has 7 nitrogen and oxygen atoms in total. The van der Waals surface area contributed by atoms with Crippen molar-refractivity contribution in [2.75, 3.05) is 11.9 Å². The zero-order valence-corrected chi connectivity index (χ0v) is 19.9. The van der Waals surface area contributed by atoms with Gasteiger partial charge in [-0.1, -0.05) is 58.0 Å². The van der Waals surface area contributed by atoms with Gasteiger partial charge in [0.25, 0.3) is 9.70 Å². The highest BCUT2D eigenvalue weighted by molar-refractivity contribution is 6.76. The minimum atomic E-state index is -2.29. The van der Waals surface area contributed by atoms with Crippen molar-refractivity contribution >= 4 is 81.3 Å². The number of aromatic nitrogens is 2. The van der Waals surface area contributed by atoms with E-state index >= 15 is 0 Å². The van der Waals surface area contributed by atoms with Crippen molar-refractivity contribution in [3.05, 3.63) is 58.0 Å². The fourth-order valence-electron chi connectivity index (χ4n) is 2.71. The van der Waals surface area contributed by atoms with Gasteiger partial charge in [0.05, 0.1) is 16.4 Å². The van der Waals surface area contributed by atoms with Crippen LogP contribution in [0, 0.1) is 6.92 Å². The number of urea groups is 1. The highest BCUT2D eigenvalue weighted by Crippen LogP contribution is 2.35. The number of benzene rings is 1. The molecule has 0 aliphatic heterocycles. The number of carbonyl (C=O) groups excluding carboxylic acids is 2. The number of carbonyl (C=O) groups is 2. The number of anilines is 1. The minimum Gasteiger partial charge on any atom is -0.485 e. The number of amides is 3. The number of nitrogens with zero attached hydrogens (tertiary/aromatic N) is 3. The molecule has 0 bridgehead atoms. The maximum absolute atomic E-state index is 12.4. The van der Waals surface area contributed by atoms with Crippen molar-refractivity contribution < 1.29 is 14.3 Å². The fourth-order valence-corrected chi connectivity index (χ4v) is 3.46. The lowest BCUT2D eigenvalue weighted by atomic mass is 10.2. The summed E-state index contributed by atoms with van der Waals surface area (Å²) in [5.74, 6) is -0.557. The van der Waals surface area contributed by atoms with Crippen LogP contribution in [0.5, 0.6) is 5.75 Å². The second kappa shape index (κ2) is 9.30. The Balaban J connectivity index is 1.83. The smallest absolute Gasteiger partial charge is 0.328 e. The molecule has 0 atom stereocenters. The molecule has 3 aromatic rings. The number of imidazole rings is 1. The molecule has 0 radical (unpaired) electrons. The van der Waals surface area contributed by atoms with Crippen molar-refractivity contribution in [2.24, 2.45) is 0 Å². The van der Waals surface area contributed by atoms with E-state index in [4.69, 9.17) is 62.7 Å². The molecule has 3 amide bonds. The van der Waals surface area contributed by atoms with Crippen LogP contribution in [0.1, 0.15) is 11.3 Å². The largest absolute Gasteiger partial charge is 0.485 e. The zero-order valence-electron chi connectivity index (χ0n) is 16.1. The first kappa shape index (κ1) is 23.8. The van der Waals surface area contributed by atoms with E-state index in [9.17, 15) is 9.59 Å². The molecule has 0 fully saturated rings. The first-order valence-corrected chi connectivity index (χ1v) is 10.6. The van der Waals surface area contributed by atoms with Crippen molar-refractivity contribution in [1.82, 2.24) is 14.7 Å². The van der Waals surface area contributed by atoms with Crippen LogP contribution in [-0.4, -0.2) is 32.2 Å². The van der Waals surface area contributed by atoms with Crippen LogP contribution < -0.4 is 15.0 Å². The molecule has 2 aromatic heterocycles. The summed E-state index contributed by atoms with van der Waals surface area (Å²) in [7, 11) is 1.40. The summed E-state index contributed by atoms with van der Waals surface area (Å²) in [6.07, 6.45) is 3.73. The Hall–Kier alpha value is -1.90. The van der Waals surface area contributed by atoms with Gasteiger partial charge in [0, 0.05) is 30.0 Å². The number of nitrogens with one attached hydrogen (secondary N) is 1. The lowest BCUT2D eigenvalue weighted by molar-refractivity contribution is -0.119. The fraction of sp³-hybridized carbons (Fsp3) is 0.211. The Labute approximate surface area is 202 Å². The summed E-state index contributed by atoms with van der Waals surface area (Å²) in [5, 5.41) is 2.48. The summed E-state index contributed by atoms with van der Waals surface area (Å²) in [4.78, 5) is 29.6. The van der Waals surface area contributed by atoms with E-state index in [-0.39, 0.29) is 17.3 Å². The van der Waals surface area contributed by atoms with Crippen LogP contribution >= 0.6 is 58.0 Å². The van der Waals surface area contributed by atoms with Crippen LogP contribution in [0.3, 0.4) is 0 Å². The van der Waals surface area contributed by atoms with Crippen LogP contribution in [0.2, 0.25) is 10.0 Å². The molecule has 0 saturated carbocycles. The molecule has 0 aliphatic rings. The normalized spacial score (nSPS) is 11.5. The number of imide groups is 1. The second-order valence-electron chi connectivity index (χ2n) is 6.45. The number of fused-ring (bicyclic) bond motifs is 1. The highest BCUT2D eigenvalue weighted by atomic mass is 35.6. The van der Waals surface area contributed by atoms with Gasteiger partial charge in [0.15, 0.2) is 11.4 Å². The van der Waals surface area contributed by atoms with E-state index in [0.717, 1.165) is 10.6 Å². The van der Waals surface area contributed by atoms with E-state index in [1.54, 1.807) is 12.1 Å². The van der Waals surface area contributed by atoms with E-state index < -0.39 is 15.7 Å². The molecule has 0 saturated heterocycles. The third-order valence-electron chi connectivity index (χ3n) is 4.25. The maximum Gasteiger partial charge on any atom is 0.328 e. The molecule has 0 unspecified atom stereocenters. The highest BCUT2D eigenvalue weighted by Gasteiger charge is 2.33. The van der Waals surface area contributed by atoms with E-state index in [2.05, 4.69) is 4.98 Å². The summed E-state index contributed by atoms with van der Waals surface area (Å²) >= 11 is 29.2. The summed E-state index contributed by atoms with van der Waals surface area (Å²) < 4.78 is 5.46. The zero-order chi connectivity index (χ0) is 22.9. The van der Waals surface area contributed by atoms with Gasteiger partial charge >= 0.3 is 6.03 Å². The number of rotatable bonds is 4. The average Bonchev–Trinajstić information content (AvgIpc) is 3.07. The molecule has 164 valence electrons. The first-order valence-electron chi connectivity index (χ1n) is 8.69. The van der Waals surface area contributed by atoms with Crippen molar-refractivity contribution in [2.45, 2.75) is 17.3 Å². The van der Waals surface area contributed by atoms with E-state index in [1.165, 1.54) is 13.1 Å². The Morgan fingerprint density at radius 1 is 1.23 bits per heavy atom. The lowest BCUT2D eigenvalue weighted by Crippen LogP contribution is -2.45. The summed E-state index contributed by atoms with van der Waals surface area (Å²) in [6.45, 7) is 1.89. The topological polar surface area (TPSA) is 75.9 Å². The molecule has 1 aromatic carbocycles. The third-order valence-corrected chi connectivity index (χ3v) is 5.54. The van der Waals surface area contributed by atoms with Gasteiger partial charge in [0.2, 0.25) is 0 Å². The van der Waals surface area contributed by atoms with Gasteiger partial charge in [-0.25, -0.2) is 9.78 Å². The monoisotopic (exact) mass is 522 g/mol. The Morgan fingerprint density at radius 2 is 1.94 bits per heavy atom. The predicted molar refractivity (Wildman–Crippen MR) is 123 cm³/mol. The quantitative estimate of drug-likeness (QED) is 0.453. The van der Waals surface area contributed by atoms with Crippen molar-refractivity contribution in [3.8, 4) is 5.75 Å². The van der Waals surface area contributed by atoms with Gasteiger partial charge in [-0.2, -0.15) is 0 Å². The van der Waals surface area contributed by atoms with E-state index in [1.807, 2.05) is 35.1 Å². The average molecular weight is 525 g/mol. The maximum atomic E-state index is 12.4. The SMILES string of the molecule is Cc1cn2cccc(OCc3c(Cl)ccc(N(C)C(=O)NC(=O)C(Cl)(Cl)Cl)c3Cl)c2n1. The molecule has 0 aliphatic carbocycles.